The number of hydrogen-bond donors (Lipinski definition) is 1. The zero-order chi connectivity index (χ0) is 9.97. The van der Waals surface area contributed by atoms with Gasteiger partial charge in [-0.1, -0.05) is 6.07 Å². The Balaban J connectivity index is 2.57. The van der Waals surface area contributed by atoms with Gasteiger partial charge in [0.15, 0.2) is 5.58 Å². The van der Waals surface area contributed by atoms with Crippen molar-refractivity contribution < 1.29 is 4.42 Å². The fourth-order valence-electron chi connectivity index (χ4n) is 1.21. The Morgan fingerprint density at radius 2 is 2.36 bits per heavy atom. The number of fused-ring (bicyclic) bond motifs is 1. The molecule has 0 saturated carbocycles. The molecular formula is C10H6N2O2. The summed E-state index contributed by atoms with van der Waals surface area (Å²) in [4.78, 5) is 13.4. The SMILES string of the molecule is N#C/C=C\c1ccc2oc(=O)[nH]c2c1. The second-order valence-electron chi connectivity index (χ2n) is 2.73. The zero-order valence-electron chi connectivity index (χ0n) is 7.15. The molecule has 0 radical (unpaired) electrons. The minimum atomic E-state index is -0.471. The summed E-state index contributed by atoms with van der Waals surface area (Å²) in [6, 6.07) is 7.09. The summed E-state index contributed by atoms with van der Waals surface area (Å²) in [5.74, 6) is -0.471. The Hall–Kier alpha value is -2.28. The predicted molar refractivity (Wildman–Crippen MR) is 51.5 cm³/mol. The van der Waals surface area contributed by atoms with E-state index in [0.29, 0.717) is 11.1 Å². The van der Waals surface area contributed by atoms with Gasteiger partial charge in [-0.05, 0) is 23.8 Å². The molecule has 14 heavy (non-hydrogen) atoms. The van der Waals surface area contributed by atoms with E-state index >= 15 is 0 Å². The van der Waals surface area contributed by atoms with Crippen LogP contribution in [0.15, 0.2) is 33.5 Å². The second-order valence-corrected chi connectivity index (χ2v) is 2.73. The zero-order valence-corrected chi connectivity index (χ0v) is 7.15. The molecule has 0 aliphatic rings. The van der Waals surface area contributed by atoms with Gasteiger partial charge in [0, 0.05) is 6.08 Å². The van der Waals surface area contributed by atoms with E-state index in [9.17, 15) is 4.79 Å². The lowest BCUT2D eigenvalue weighted by atomic mass is 10.2. The topological polar surface area (TPSA) is 69.8 Å². The first-order valence-corrected chi connectivity index (χ1v) is 3.98. The number of oxazole rings is 1. The van der Waals surface area contributed by atoms with Crippen molar-refractivity contribution in [1.29, 1.82) is 5.26 Å². The molecule has 2 rings (SSSR count). The van der Waals surface area contributed by atoms with Crippen molar-refractivity contribution in [3.63, 3.8) is 0 Å². The number of aromatic nitrogens is 1. The Morgan fingerprint density at radius 3 is 3.14 bits per heavy atom. The second kappa shape index (κ2) is 3.23. The molecule has 4 nitrogen and oxygen atoms in total. The summed E-state index contributed by atoms with van der Waals surface area (Å²) < 4.78 is 4.83. The molecule has 0 saturated heterocycles. The van der Waals surface area contributed by atoms with Gasteiger partial charge in [0.05, 0.1) is 11.6 Å². The standard InChI is InChI=1S/C10H6N2O2/c11-5-1-2-7-3-4-9-8(6-7)12-10(13)14-9/h1-4,6H,(H,12,13)/b2-1-. The number of nitrogens with zero attached hydrogens (tertiary/aromatic N) is 1. The largest absolute Gasteiger partial charge is 0.417 e. The fourth-order valence-corrected chi connectivity index (χ4v) is 1.21. The van der Waals surface area contributed by atoms with Crippen molar-refractivity contribution in [2.24, 2.45) is 0 Å². The maximum absolute atomic E-state index is 10.8. The average Bonchev–Trinajstić information content (AvgIpc) is 2.54. The number of nitrogens with one attached hydrogen (secondary N) is 1. The molecule has 1 heterocycles. The van der Waals surface area contributed by atoms with E-state index in [2.05, 4.69) is 4.98 Å². The van der Waals surface area contributed by atoms with E-state index in [1.54, 1.807) is 24.3 Å². The number of rotatable bonds is 1. The molecule has 0 aliphatic carbocycles. The molecule has 0 bridgehead atoms. The molecule has 1 aromatic carbocycles. The Labute approximate surface area is 79.1 Å². The van der Waals surface area contributed by atoms with Gasteiger partial charge >= 0.3 is 5.76 Å². The molecule has 0 amide bonds. The van der Waals surface area contributed by atoms with Crippen LogP contribution in [0, 0.1) is 11.3 Å². The highest BCUT2D eigenvalue weighted by molar-refractivity contribution is 5.75. The third kappa shape index (κ3) is 1.43. The van der Waals surface area contributed by atoms with Gasteiger partial charge in [0.1, 0.15) is 0 Å². The lowest BCUT2D eigenvalue weighted by Gasteiger charge is -1.90. The van der Waals surface area contributed by atoms with Crippen LogP contribution in [-0.4, -0.2) is 4.98 Å². The third-order valence-corrected chi connectivity index (χ3v) is 1.79. The van der Waals surface area contributed by atoms with Crippen LogP contribution in [0.4, 0.5) is 0 Å². The first-order valence-electron chi connectivity index (χ1n) is 3.98. The maximum atomic E-state index is 10.8. The Kier molecular flexibility index (Phi) is 1.92. The molecule has 0 unspecified atom stereocenters. The lowest BCUT2D eigenvalue weighted by molar-refractivity contribution is 0.555. The van der Waals surface area contributed by atoms with Gasteiger partial charge in [-0.3, -0.25) is 4.98 Å². The van der Waals surface area contributed by atoms with Crippen LogP contribution in [0.3, 0.4) is 0 Å². The minimum absolute atomic E-state index is 0.471. The van der Waals surface area contributed by atoms with Crippen LogP contribution in [0.1, 0.15) is 5.56 Å². The molecule has 1 aromatic heterocycles. The van der Waals surface area contributed by atoms with Gasteiger partial charge in [-0.25, -0.2) is 4.79 Å². The molecule has 1 N–H and O–H groups in total. The third-order valence-electron chi connectivity index (χ3n) is 1.79. The van der Waals surface area contributed by atoms with Gasteiger partial charge in [-0.15, -0.1) is 0 Å². The quantitative estimate of drug-likeness (QED) is 0.688. The van der Waals surface area contributed by atoms with Crippen molar-refractivity contribution >= 4 is 17.2 Å². The molecule has 0 fully saturated rings. The van der Waals surface area contributed by atoms with Crippen molar-refractivity contribution in [3.05, 3.63) is 40.4 Å². The van der Waals surface area contributed by atoms with E-state index in [0.717, 1.165) is 5.56 Å². The number of benzene rings is 1. The number of H-pyrrole nitrogens is 1. The predicted octanol–water partition coefficient (Wildman–Crippen LogP) is 1.66. The summed E-state index contributed by atoms with van der Waals surface area (Å²) in [5, 5.41) is 8.33. The average molecular weight is 186 g/mol. The van der Waals surface area contributed by atoms with Crippen molar-refractivity contribution in [2.75, 3.05) is 0 Å². The van der Waals surface area contributed by atoms with Crippen LogP contribution < -0.4 is 5.76 Å². The van der Waals surface area contributed by atoms with Crippen LogP contribution in [0.5, 0.6) is 0 Å². The first kappa shape index (κ1) is 8.32. The number of nitriles is 1. The van der Waals surface area contributed by atoms with Gasteiger partial charge in [0.25, 0.3) is 0 Å². The summed E-state index contributed by atoms with van der Waals surface area (Å²) in [5.41, 5.74) is 2.00. The summed E-state index contributed by atoms with van der Waals surface area (Å²) in [6.45, 7) is 0. The van der Waals surface area contributed by atoms with Crippen molar-refractivity contribution in [1.82, 2.24) is 4.98 Å². The minimum Gasteiger partial charge on any atom is -0.408 e. The van der Waals surface area contributed by atoms with E-state index < -0.39 is 5.76 Å². The van der Waals surface area contributed by atoms with Gasteiger partial charge in [-0.2, -0.15) is 5.26 Å². The highest BCUT2D eigenvalue weighted by atomic mass is 16.4. The molecular weight excluding hydrogens is 180 g/mol. The molecule has 2 aromatic rings. The maximum Gasteiger partial charge on any atom is 0.417 e. The Bertz CT molecular complexity index is 584. The monoisotopic (exact) mass is 186 g/mol. The molecule has 0 spiro atoms. The van der Waals surface area contributed by atoms with E-state index in [4.69, 9.17) is 9.68 Å². The summed E-state index contributed by atoms with van der Waals surface area (Å²) in [6.07, 6.45) is 3.03. The Morgan fingerprint density at radius 1 is 1.50 bits per heavy atom. The lowest BCUT2D eigenvalue weighted by Crippen LogP contribution is -1.92. The fraction of sp³-hybridized carbons (Fsp3) is 0. The van der Waals surface area contributed by atoms with Gasteiger partial charge < -0.3 is 4.42 Å². The van der Waals surface area contributed by atoms with Gasteiger partial charge in [0.2, 0.25) is 0 Å². The smallest absolute Gasteiger partial charge is 0.408 e. The van der Waals surface area contributed by atoms with Crippen LogP contribution >= 0.6 is 0 Å². The molecule has 0 atom stereocenters. The van der Waals surface area contributed by atoms with Crippen LogP contribution in [0.25, 0.3) is 17.2 Å². The van der Waals surface area contributed by atoms with Crippen LogP contribution in [0.2, 0.25) is 0 Å². The molecule has 0 aliphatic heterocycles. The summed E-state index contributed by atoms with van der Waals surface area (Å²) in [7, 11) is 0. The van der Waals surface area contributed by atoms with Crippen molar-refractivity contribution in [2.45, 2.75) is 0 Å². The number of hydrogen-bond acceptors (Lipinski definition) is 3. The van der Waals surface area contributed by atoms with Crippen LogP contribution in [-0.2, 0) is 0 Å². The molecule has 4 heteroatoms. The summed E-state index contributed by atoms with van der Waals surface area (Å²) >= 11 is 0. The van der Waals surface area contributed by atoms with E-state index in [1.165, 1.54) is 6.08 Å². The first-order chi connectivity index (χ1) is 6.79. The number of allylic oxidation sites excluding steroid dienone is 1. The number of aromatic amines is 1. The highest BCUT2D eigenvalue weighted by Gasteiger charge is 1.99. The van der Waals surface area contributed by atoms with Crippen molar-refractivity contribution in [3.8, 4) is 6.07 Å². The van der Waals surface area contributed by atoms with E-state index in [-0.39, 0.29) is 0 Å². The highest BCUT2D eigenvalue weighted by Crippen LogP contribution is 2.12. The normalized spacial score (nSPS) is 10.8. The molecule has 68 valence electrons. The van der Waals surface area contributed by atoms with E-state index in [1.807, 2.05) is 6.07 Å².